The highest BCUT2D eigenvalue weighted by atomic mass is 32.2. The minimum absolute atomic E-state index is 0.0374. The van der Waals surface area contributed by atoms with E-state index in [0.29, 0.717) is 25.9 Å². The summed E-state index contributed by atoms with van der Waals surface area (Å²) in [6.07, 6.45) is 2.26. The normalized spacial score (nSPS) is 18.6. The Morgan fingerprint density at radius 2 is 1.77 bits per heavy atom. The Labute approximate surface area is 176 Å². The van der Waals surface area contributed by atoms with Gasteiger partial charge in [-0.3, -0.25) is 14.9 Å². The van der Waals surface area contributed by atoms with Crippen molar-refractivity contribution in [1.82, 2.24) is 9.29 Å². The van der Waals surface area contributed by atoms with E-state index in [0.717, 1.165) is 29.7 Å². The Hall–Kier alpha value is -2.16. The van der Waals surface area contributed by atoms with Crippen LogP contribution in [0.5, 0.6) is 0 Å². The lowest BCUT2D eigenvalue weighted by Gasteiger charge is -2.34. The molecule has 0 radical (unpaired) electrons. The molecule has 0 bridgehead atoms. The van der Waals surface area contributed by atoms with Crippen LogP contribution < -0.4 is 10.5 Å². The van der Waals surface area contributed by atoms with Gasteiger partial charge in [-0.05, 0) is 18.9 Å². The van der Waals surface area contributed by atoms with Crippen molar-refractivity contribution in [1.29, 1.82) is 0 Å². The van der Waals surface area contributed by atoms with Crippen molar-refractivity contribution in [2.24, 2.45) is 0 Å². The zero-order valence-corrected chi connectivity index (χ0v) is 18.3. The first-order chi connectivity index (χ1) is 14.0. The maximum absolute atomic E-state index is 12.6. The summed E-state index contributed by atoms with van der Waals surface area (Å²) in [5.74, 6) is 0. The Kier molecular flexibility index (Phi) is 5.07. The number of hydrogen-bond acceptors (Lipinski definition) is 10. The molecule has 0 spiro atoms. The molecular formula is C16H18N4O7S3. The molecule has 162 valence electrons. The summed E-state index contributed by atoms with van der Waals surface area (Å²) in [5.41, 5.74) is -1.24. The summed E-state index contributed by atoms with van der Waals surface area (Å²) in [7, 11) is -7.05. The number of hydrogen-bond donors (Lipinski definition) is 0. The smallest absolute Gasteiger partial charge is 0.288 e. The first-order valence-corrected chi connectivity index (χ1v) is 13.3. The molecule has 1 saturated heterocycles. The third-order valence-corrected chi connectivity index (χ3v) is 9.76. The quantitative estimate of drug-likeness (QED) is 0.448. The van der Waals surface area contributed by atoms with Crippen molar-refractivity contribution >= 4 is 52.1 Å². The van der Waals surface area contributed by atoms with Gasteiger partial charge in [0.05, 0.1) is 20.5 Å². The molecule has 0 unspecified atom stereocenters. The average Bonchev–Trinajstić information content (AvgIpc) is 3.52. The maximum atomic E-state index is 12.6. The van der Waals surface area contributed by atoms with Gasteiger partial charge in [-0.25, -0.2) is 16.8 Å². The van der Waals surface area contributed by atoms with E-state index in [9.17, 15) is 31.7 Å². The lowest BCUT2D eigenvalue weighted by atomic mass is 10.2. The molecule has 1 saturated carbocycles. The zero-order chi connectivity index (χ0) is 21.8. The molecule has 11 nitrogen and oxygen atoms in total. The fraction of sp³-hybridized carbons (Fsp3) is 0.500. The number of anilines is 1. The van der Waals surface area contributed by atoms with Crippen molar-refractivity contribution in [3.8, 4) is 0 Å². The van der Waals surface area contributed by atoms with Crippen LogP contribution in [0.15, 0.2) is 21.8 Å². The van der Waals surface area contributed by atoms with Crippen molar-refractivity contribution in [2.75, 3.05) is 37.3 Å². The summed E-state index contributed by atoms with van der Waals surface area (Å²) < 4.78 is 49.9. The summed E-state index contributed by atoms with van der Waals surface area (Å²) >= 11 is 0.920. The molecule has 0 atom stereocenters. The number of aromatic nitrogens is 1. The highest BCUT2D eigenvalue weighted by Gasteiger charge is 2.41. The predicted molar refractivity (Wildman–Crippen MR) is 111 cm³/mol. The maximum Gasteiger partial charge on any atom is 0.288 e. The van der Waals surface area contributed by atoms with Gasteiger partial charge in [0.15, 0.2) is 15.0 Å². The summed E-state index contributed by atoms with van der Waals surface area (Å²) in [6, 6.07) is 2.05. The molecule has 2 aromatic rings. The second-order valence-corrected chi connectivity index (χ2v) is 12.5. The predicted octanol–water partition coefficient (Wildman–Crippen LogP) is 0.582. The van der Waals surface area contributed by atoms with Crippen LogP contribution in [0.1, 0.15) is 12.8 Å². The monoisotopic (exact) mass is 474 g/mol. The van der Waals surface area contributed by atoms with Gasteiger partial charge < -0.3 is 4.90 Å². The van der Waals surface area contributed by atoms with Gasteiger partial charge in [-0.2, -0.15) is 9.29 Å². The number of nitro benzene ring substituents is 1. The van der Waals surface area contributed by atoms with E-state index in [1.54, 1.807) is 4.90 Å². The summed E-state index contributed by atoms with van der Waals surface area (Å²) in [4.78, 5) is 28.7. The largest absolute Gasteiger partial charge is 0.345 e. The lowest BCUT2D eigenvalue weighted by molar-refractivity contribution is -0.383. The zero-order valence-electron chi connectivity index (χ0n) is 15.8. The van der Waals surface area contributed by atoms with Gasteiger partial charge >= 0.3 is 0 Å². The van der Waals surface area contributed by atoms with Gasteiger partial charge in [0.25, 0.3) is 11.2 Å². The number of nitro groups is 1. The first-order valence-electron chi connectivity index (χ1n) is 9.06. The van der Waals surface area contributed by atoms with Crippen LogP contribution in [0.2, 0.25) is 0 Å². The second kappa shape index (κ2) is 7.21. The molecule has 14 heteroatoms. The number of piperazine rings is 1. The molecule has 0 N–H and O–H groups in total. The van der Waals surface area contributed by atoms with Crippen molar-refractivity contribution in [2.45, 2.75) is 23.0 Å². The van der Waals surface area contributed by atoms with E-state index in [1.165, 1.54) is 4.31 Å². The number of nitrogens with zero attached hydrogens (tertiary/aromatic N) is 4. The van der Waals surface area contributed by atoms with Crippen molar-refractivity contribution in [3.63, 3.8) is 0 Å². The van der Waals surface area contributed by atoms with Crippen LogP contribution in [0.4, 0.5) is 10.8 Å². The van der Waals surface area contributed by atoms with E-state index < -0.39 is 36.0 Å². The molecule has 1 aliphatic carbocycles. The Balaban J connectivity index is 1.71. The molecule has 1 aromatic carbocycles. The van der Waals surface area contributed by atoms with E-state index in [4.69, 9.17) is 0 Å². The minimum Gasteiger partial charge on any atom is -0.345 e. The van der Waals surface area contributed by atoms with E-state index in [-0.39, 0.29) is 38.5 Å². The SMILES string of the molecule is CS(=O)(=O)c1cc([N+](=O)[O-])c2sc(N3CCN(S(=O)(=O)C4CC4)CC3)nc(=O)c2c1. The lowest BCUT2D eigenvalue weighted by Crippen LogP contribution is -2.49. The number of benzene rings is 1. The van der Waals surface area contributed by atoms with Crippen LogP contribution >= 0.6 is 11.3 Å². The standard InChI is InChI=1S/C16H18N4O7S3/c1-29(24,25)11-8-12-14(13(9-11)20(22)23)28-16(17-15(12)21)18-4-6-19(7-5-18)30(26,27)10-2-3-10/h8-10H,2-7H2,1H3. The van der Waals surface area contributed by atoms with Gasteiger partial charge in [-0.1, -0.05) is 11.3 Å². The fourth-order valence-corrected chi connectivity index (χ4v) is 6.91. The number of fused-ring (bicyclic) bond motifs is 1. The van der Waals surface area contributed by atoms with Gasteiger partial charge in [0.2, 0.25) is 10.0 Å². The Bertz CT molecular complexity index is 1310. The molecular weight excluding hydrogens is 456 g/mol. The molecule has 0 amide bonds. The van der Waals surface area contributed by atoms with E-state index in [2.05, 4.69) is 4.98 Å². The third kappa shape index (κ3) is 3.79. The number of sulfonamides is 1. The van der Waals surface area contributed by atoms with Gasteiger partial charge in [0, 0.05) is 38.5 Å². The molecule has 30 heavy (non-hydrogen) atoms. The molecule has 4 rings (SSSR count). The Morgan fingerprint density at radius 1 is 1.13 bits per heavy atom. The van der Waals surface area contributed by atoms with Crippen LogP contribution in [0.25, 0.3) is 10.1 Å². The molecule has 1 aromatic heterocycles. The van der Waals surface area contributed by atoms with Crippen LogP contribution in [-0.4, -0.2) is 68.7 Å². The Morgan fingerprint density at radius 3 is 2.30 bits per heavy atom. The van der Waals surface area contributed by atoms with E-state index in [1.807, 2.05) is 0 Å². The highest BCUT2D eigenvalue weighted by molar-refractivity contribution is 7.90. The van der Waals surface area contributed by atoms with Gasteiger partial charge in [-0.15, -0.1) is 0 Å². The fourth-order valence-electron chi connectivity index (χ4n) is 3.31. The summed E-state index contributed by atoms with van der Waals surface area (Å²) in [6.45, 7) is 1.09. The topological polar surface area (TPSA) is 148 Å². The van der Waals surface area contributed by atoms with Crippen molar-refractivity contribution in [3.05, 3.63) is 32.6 Å². The summed E-state index contributed by atoms with van der Waals surface area (Å²) in [5, 5.41) is 11.3. The number of sulfone groups is 1. The highest BCUT2D eigenvalue weighted by Crippen LogP contribution is 2.35. The second-order valence-electron chi connectivity index (χ2n) is 7.28. The van der Waals surface area contributed by atoms with Crippen LogP contribution in [0.3, 0.4) is 0 Å². The first kappa shape index (κ1) is 21.1. The number of rotatable bonds is 5. The van der Waals surface area contributed by atoms with Crippen LogP contribution in [-0.2, 0) is 19.9 Å². The van der Waals surface area contributed by atoms with Crippen LogP contribution in [0, 0.1) is 10.1 Å². The van der Waals surface area contributed by atoms with Gasteiger partial charge in [0.1, 0.15) is 4.70 Å². The molecule has 2 heterocycles. The van der Waals surface area contributed by atoms with Crippen molar-refractivity contribution < 1.29 is 21.8 Å². The number of non-ortho nitro benzene ring substituents is 1. The molecule has 2 fully saturated rings. The molecule has 1 aliphatic heterocycles. The molecule has 2 aliphatic rings. The third-order valence-electron chi connectivity index (χ3n) is 5.10. The minimum atomic E-state index is -3.76. The average molecular weight is 475 g/mol. The van der Waals surface area contributed by atoms with E-state index >= 15 is 0 Å².